The number of H-pyrrole nitrogens is 1. The van der Waals surface area contributed by atoms with Crippen LogP contribution in [0.15, 0.2) is 60.7 Å². The van der Waals surface area contributed by atoms with Crippen molar-refractivity contribution in [2.24, 2.45) is 0 Å². The third-order valence-electron chi connectivity index (χ3n) is 8.51. The second kappa shape index (κ2) is 13.4. The molecule has 1 aromatic heterocycles. The highest BCUT2D eigenvalue weighted by atomic mass is 35.5. The molecule has 1 fully saturated rings. The molecule has 0 spiro atoms. The molecule has 1 unspecified atom stereocenters. The minimum Gasteiger partial charge on any atom is -0.458 e. The van der Waals surface area contributed by atoms with Crippen molar-refractivity contribution in [2.45, 2.75) is 50.0 Å². The first-order valence-electron chi connectivity index (χ1n) is 14.9. The van der Waals surface area contributed by atoms with Crippen molar-refractivity contribution in [1.29, 1.82) is 5.26 Å². The molecular weight excluding hydrogens is 647 g/mol. The summed E-state index contributed by atoms with van der Waals surface area (Å²) in [6, 6.07) is 22.7. The van der Waals surface area contributed by atoms with Gasteiger partial charge in [-0.2, -0.15) is 10.2 Å². The van der Waals surface area contributed by atoms with E-state index in [0.717, 1.165) is 22.7 Å². The number of nitrogens with one attached hydrogen (secondary N) is 1. The number of piperidine rings is 1. The number of aromatic amines is 1. The molecule has 0 bridgehead atoms. The van der Waals surface area contributed by atoms with Crippen LogP contribution < -0.4 is 4.74 Å². The predicted molar refractivity (Wildman–Crippen MR) is 183 cm³/mol. The van der Waals surface area contributed by atoms with E-state index in [-0.39, 0.29) is 0 Å². The Labute approximate surface area is 276 Å². The summed E-state index contributed by atoms with van der Waals surface area (Å²) in [5, 5.41) is 10.2. The van der Waals surface area contributed by atoms with Gasteiger partial charge in [0.15, 0.2) is 0 Å². The van der Waals surface area contributed by atoms with E-state index in [2.05, 4.69) is 47.8 Å². The third-order valence-corrected chi connectivity index (χ3v) is 12.2. The van der Waals surface area contributed by atoms with Gasteiger partial charge in [0.1, 0.15) is 6.10 Å². The molecule has 1 aliphatic rings. The minimum absolute atomic E-state index is 0.299. The Morgan fingerprint density at radius 1 is 1.04 bits per heavy atom. The molecule has 4 aromatic rings. The summed E-state index contributed by atoms with van der Waals surface area (Å²) in [7, 11) is -4.70. The summed E-state index contributed by atoms with van der Waals surface area (Å²) in [6.07, 6.45) is 1.83. The van der Waals surface area contributed by atoms with Crippen molar-refractivity contribution in [2.75, 3.05) is 32.6 Å². The Kier molecular flexibility index (Phi) is 9.99. The Morgan fingerprint density at radius 3 is 2.38 bits per heavy atom. The molecule has 238 valence electrons. The number of nitriles is 1. The predicted octanol–water partition coefficient (Wildman–Crippen LogP) is 7.50. The van der Waals surface area contributed by atoms with E-state index in [1.165, 1.54) is 10.6 Å². The van der Waals surface area contributed by atoms with E-state index >= 15 is 0 Å². The molecule has 1 aliphatic heterocycles. The van der Waals surface area contributed by atoms with Crippen LogP contribution in [0.25, 0.3) is 22.2 Å². The fourth-order valence-corrected chi connectivity index (χ4v) is 7.75. The van der Waals surface area contributed by atoms with Crippen LogP contribution in [-0.4, -0.2) is 69.4 Å². The first kappa shape index (κ1) is 33.5. The lowest BCUT2D eigenvalue weighted by Gasteiger charge is -2.45. The lowest BCUT2D eigenvalue weighted by Crippen LogP contribution is -2.54. The van der Waals surface area contributed by atoms with Gasteiger partial charge in [0.25, 0.3) is 6.01 Å². The molecule has 12 heteroatoms. The largest absolute Gasteiger partial charge is 0.458 e. The summed E-state index contributed by atoms with van der Waals surface area (Å²) in [6.45, 7) is 8.55. The molecule has 0 saturated carbocycles. The Balaban J connectivity index is 1.53. The van der Waals surface area contributed by atoms with Gasteiger partial charge in [-0.3, -0.25) is 0 Å². The number of benzene rings is 3. The summed E-state index contributed by atoms with van der Waals surface area (Å²) in [4.78, 5) is 7.90. The molecule has 1 atom stereocenters. The van der Waals surface area contributed by atoms with Gasteiger partial charge in [0.2, 0.25) is 10.0 Å². The van der Waals surface area contributed by atoms with Crippen molar-refractivity contribution in [3.05, 3.63) is 81.8 Å². The maximum absolute atomic E-state index is 12.5. The summed E-state index contributed by atoms with van der Waals surface area (Å²) < 4.78 is 39.6. The Morgan fingerprint density at radius 2 is 1.73 bits per heavy atom. The number of ether oxygens (including phenoxy) is 2. The number of halogens is 2. The van der Waals surface area contributed by atoms with Crippen molar-refractivity contribution < 1.29 is 17.9 Å². The molecule has 3 aromatic carbocycles. The molecule has 45 heavy (non-hydrogen) atoms. The number of aromatic nitrogens is 2. The lowest BCUT2D eigenvalue weighted by atomic mass is 9.69. The topological polar surface area (TPSA) is 108 Å². The fourth-order valence-electron chi connectivity index (χ4n) is 5.82. The molecule has 5 rings (SSSR count). The number of fused-ring (bicyclic) bond motifs is 1. The van der Waals surface area contributed by atoms with Gasteiger partial charge in [0.05, 0.1) is 45.6 Å². The first-order chi connectivity index (χ1) is 21.3. The molecular formula is C33H38Cl2N4O4SSi. The second-order valence-electron chi connectivity index (χ2n) is 12.9. The molecule has 2 heterocycles. The Hall–Kier alpha value is -2.91. The number of rotatable bonds is 11. The third kappa shape index (κ3) is 7.91. The van der Waals surface area contributed by atoms with Gasteiger partial charge < -0.3 is 14.5 Å². The van der Waals surface area contributed by atoms with Crippen LogP contribution in [-0.2, 0) is 20.2 Å². The van der Waals surface area contributed by atoms with Gasteiger partial charge in [0, 0.05) is 33.2 Å². The molecule has 1 N–H and O–H groups in total. The fraction of sp³-hybridized carbons (Fsp3) is 0.394. The lowest BCUT2D eigenvalue weighted by molar-refractivity contribution is -0.0113. The molecule has 0 radical (unpaired) electrons. The van der Waals surface area contributed by atoms with Crippen LogP contribution in [0, 0.1) is 11.3 Å². The summed E-state index contributed by atoms with van der Waals surface area (Å²) >= 11 is 12.5. The zero-order valence-corrected chi connectivity index (χ0v) is 29.3. The van der Waals surface area contributed by atoms with Crippen molar-refractivity contribution in [3.63, 3.8) is 0 Å². The van der Waals surface area contributed by atoms with Gasteiger partial charge >= 0.3 is 0 Å². The average Bonchev–Trinajstić information content (AvgIpc) is 3.38. The van der Waals surface area contributed by atoms with E-state index in [0.29, 0.717) is 71.8 Å². The second-order valence-corrected chi connectivity index (χ2v) is 21.3. The zero-order chi connectivity index (χ0) is 32.4. The van der Waals surface area contributed by atoms with Crippen molar-refractivity contribution >= 4 is 52.3 Å². The average molecular weight is 686 g/mol. The van der Waals surface area contributed by atoms with E-state index in [1.54, 1.807) is 18.2 Å². The Bertz CT molecular complexity index is 1770. The van der Waals surface area contributed by atoms with Crippen LogP contribution in [0.3, 0.4) is 0 Å². The quantitative estimate of drug-likeness (QED) is 0.129. The molecule has 0 aliphatic carbocycles. The normalized spacial score (nSPS) is 16.4. The number of nitrogens with zero attached hydrogens (tertiary/aromatic N) is 3. The van der Waals surface area contributed by atoms with E-state index < -0.39 is 29.6 Å². The van der Waals surface area contributed by atoms with Crippen molar-refractivity contribution in [3.8, 4) is 23.2 Å². The zero-order valence-electron chi connectivity index (χ0n) is 25.9. The SMILES string of the molecule is C[Si](C)(C)CCOCC(Oc1nc2cc(Cl)c(Cl)cc2[nH]1)C1(c2ccc(-c3cccc(C#N)c3)cc2)CCN(S(C)(=O)=O)CC1. The van der Waals surface area contributed by atoms with E-state index in [4.69, 9.17) is 32.7 Å². The number of hydrogen-bond acceptors (Lipinski definition) is 6. The minimum atomic E-state index is -3.36. The van der Waals surface area contributed by atoms with Crippen LogP contribution in [0.4, 0.5) is 0 Å². The highest BCUT2D eigenvalue weighted by Crippen LogP contribution is 2.42. The molecule has 8 nitrogen and oxygen atoms in total. The van der Waals surface area contributed by atoms with Crippen LogP contribution in [0.1, 0.15) is 24.0 Å². The summed E-state index contributed by atoms with van der Waals surface area (Å²) in [5.41, 5.74) is 4.29. The van der Waals surface area contributed by atoms with Crippen LogP contribution in [0.2, 0.25) is 35.7 Å². The maximum Gasteiger partial charge on any atom is 0.295 e. The van der Waals surface area contributed by atoms with E-state index in [9.17, 15) is 13.7 Å². The first-order valence-corrected chi connectivity index (χ1v) is 21.2. The van der Waals surface area contributed by atoms with Gasteiger partial charge in [-0.15, -0.1) is 0 Å². The molecule has 1 saturated heterocycles. The van der Waals surface area contributed by atoms with Crippen molar-refractivity contribution in [1.82, 2.24) is 14.3 Å². The monoisotopic (exact) mass is 684 g/mol. The summed E-state index contributed by atoms with van der Waals surface area (Å²) in [5.74, 6) is 0. The molecule has 0 amide bonds. The highest BCUT2D eigenvalue weighted by molar-refractivity contribution is 7.88. The number of imidazole rings is 1. The van der Waals surface area contributed by atoms with Gasteiger partial charge in [-0.05, 0) is 59.8 Å². The maximum atomic E-state index is 12.5. The standard InChI is InChI=1S/C33H38Cl2N4O4SSi/c1-44(40,41)39-14-12-33(13-15-39,26-10-8-24(9-11-26)25-7-5-6-23(18-25)21-36)31(22-42-16-17-45(2,3)4)43-32-37-29-19-27(34)28(35)20-30(29)38-32/h5-11,18-20,31H,12-17,22H2,1-4H3,(H,37,38). The van der Waals surface area contributed by atoms with Gasteiger partial charge in [-0.25, -0.2) is 12.7 Å². The number of hydrogen-bond donors (Lipinski definition) is 1. The van der Waals surface area contributed by atoms with Crippen LogP contribution >= 0.6 is 23.2 Å². The van der Waals surface area contributed by atoms with E-state index in [1.807, 2.05) is 30.3 Å². The highest BCUT2D eigenvalue weighted by Gasteiger charge is 2.46. The van der Waals surface area contributed by atoms with Crippen LogP contribution in [0.5, 0.6) is 6.01 Å². The number of sulfonamides is 1. The van der Waals surface area contributed by atoms with Gasteiger partial charge in [-0.1, -0.05) is 79.2 Å². The smallest absolute Gasteiger partial charge is 0.295 e.